The number of carbonyl (C=O) groups excluding carboxylic acids is 2. The Kier molecular flexibility index (Phi) is 5.39. The summed E-state index contributed by atoms with van der Waals surface area (Å²) in [6.45, 7) is 0.964. The molecular weight excluding hydrogens is 382 g/mol. The Bertz CT molecular complexity index is 882. The van der Waals surface area contributed by atoms with Gasteiger partial charge in [-0.05, 0) is 25.0 Å². The lowest BCUT2D eigenvalue weighted by molar-refractivity contribution is -0.130. The van der Waals surface area contributed by atoms with Crippen LogP contribution in [0, 0.1) is 0 Å². The minimum atomic E-state index is -1.04. The van der Waals surface area contributed by atoms with E-state index in [0.717, 1.165) is 19.3 Å². The van der Waals surface area contributed by atoms with Crippen molar-refractivity contribution >= 4 is 23.5 Å². The Labute approximate surface area is 167 Å². The second-order valence-electron chi connectivity index (χ2n) is 6.81. The molecule has 28 heavy (non-hydrogen) atoms. The average molecular weight is 402 g/mol. The second-order valence-corrected chi connectivity index (χ2v) is 7.22. The number of amides is 1. The van der Waals surface area contributed by atoms with Gasteiger partial charge in [-0.25, -0.2) is 4.79 Å². The van der Waals surface area contributed by atoms with Crippen LogP contribution in [0.25, 0.3) is 0 Å². The average Bonchev–Trinajstić information content (AvgIpc) is 3.53. The van der Waals surface area contributed by atoms with Crippen molar-refractivity contribution in [3.8, 4) is 11.5 Å². The van der Waals surface area contributed by atoms with E-state index in [2.05, 4.69) is 5.32 Å². The number of esters is 1. The van der Waals surface area contributed by atoms with Gasteiger partial charge >= 0.3 is 5.97 Å². The maximum atomic E-state index is 12.8. The number of hydrogen-bond acceptors (Lipinski definition) is 5. The van der Waals surface area contributed by atoms with E-state index in [1.165, 1.54) is 12.1 Å². The maximum absolute atomic E-state index is 12.8. The van der Waals surface area contributed by atoms with Gasteiger partial charge in [0.15, 0.2) is 11.5 Å². The molecule has 1 unspecified atom stereocenters. The predicted octanol–water partition coefficient (Wildman–Crippen LogP) is 3.68. The first kappa shape index (κ1) is 18.6. The molecule has 2 aromatic rings. The van der Waals surface area contributed by atoms with E-state index in [1.54, 1.807) is 24.3 Å². The normalized spacial score (nSPS) is 16.6. The van der Waals surface area contributed by atoms with Crippen molar-refractivity contribution in [2.24, 2.45) is 0 Å². The van der Waals surface area contributed by atoms with E-state index in [0.29, 0.717) is 30.3 Å². The van der Waals surface area contributed by atoms with Crippen molar-refractivity contribution in [1.29, 1.82) is 0 Å². The SMILES string of the molecule is O=C(OC(C(=O)NC1CC1)c1ccccc1)c1cc(Cl)c2c(c1)OCCCO2. The number of fused-ring (bicyclic) bond motifs is 1. The molecule has 1 N–H and O–H groups in total. The van der Waals surface area contributed by atoms with Crippen LogP contribution in [0.15, 0.2) is 42.5 Å². The Morgan fingerprint density at radius 1 is 1.11 bits per heavy atom. The number of halogens is 1. The number of ether oxygens (including phenoxy) is 3. The molecule has 4 rings (SSSR count). The molecule has 0 radical (unpaired) electrons. The molecule has 2 aromatic carbocycles. The molecular formula is C21H20ClNO5. The zero-order valence-electron chi connectivity index (χ0n) is 15.2. The van der Waals surface area contributed by atoms with E-state index < -0.39 is 12.1 Å². The minimum absolute atomic E-state index is 0.157. The van der Waals surface area contributed by atoms with Crippen molar-refractivity contribution in [2.45, 2.75) is 31.4 Å². The van der Waals surface area contributed by atoms with Crippen LogP contribution in [-0.4, -0.2) is 31.1 Å². The van der Waals surface area contributed by atoms with Crippen molar-refractivity contribution in [3.05, 3.63) is 58.6 Å². The van der Waals surface area contributed by atoms with Crippen LogP contribution in [0.4, 0.5) is 0 Å². The fourth-order valence-electron chi connectivity index (χ4n) is 2.93. The number of benzene rings is 2. The molecule has 0 spiro atoms. The van der Waals surface area contributed by atoms with Crippen LogP contribution in [0.2, 0.25) is 5.02 Å². The summed E-state index contributed by atoms with van der Waals surface area (Å²) in [5.74, 6) is -0.169. The summed E-state index contributed by atoms with van der Waals surface area (Å²) in [7, 11) is 0. The van der Waals surface area contributed by atoms with Crippen molar-refractivity contribution in [2.75, 3.05) is 13.2 Å². The van der Waals surface area contributed by atoms with Gasteiger partial charge in [-0.3, -0.25) is 4.79 Å². The molecule has 1 aliphatic heterocycles. The standard InChI is InChI=1S/C21H20ClNO5/c22-16-11-14(12-17-19(16)27-10-4-9-26-17)21(25)28-18(13-5-2-1-3-6-13)20(24)23-15-7-8-15/h1-3,5-6,11-12,15,18H,4,7-10H2,(H,23,24). The largest absolute Gasteiger partial charge is 0.489 e. The Hall–Kier alpha value is -2.73. The van der Waals surface area contributed by atoms with Gasteiger partial charge in [0.1, 0.15) is 0 Å². The van der Waals surface area contributed by atoms with Gasteiger partial charge < -0.3 is 19.5 Å². The van der Waals surface area contributed by atoms with Crippen LogP contribution >= 0.6 is 11.6 Å². The third-order valence-corrected chi connectivity index (χ3v) is 4.81. The molecule has 1 fully saturated rings. The first-order chi connectivity index (χ1) is 13.6. The molecule has 0 aromatic heterocycles. The quantitative estimate of drug-likeness (QED) is 0.773. The molecule has 146 valence electrons. The summed E-state index contributed by atoms with van der Waals surface area (Å²) in [5, 5.41) is 3.16. The maximum Gasteiger partial charge on any atom is 0.339 e. The van der Waals surface area contributed by atoms with E-state index in [4.69, 9.17) is 25.8 Å². The zero-order valence-corrected chi connectivity index (χ0v) is 15.9. The molecule has 0 bridgehead atoms. The lowest BCUT2D eigenvalue weighted by Gasteiger charge is -2.18. The third kappa shape index (κ3) is 4.22. The van der Waals surface area contributed by atoms with Gasteiger partial charge in [-0.15, -0.1) is 0 Å². The highest BCUT2D eigenvalue weighted by Crippen LogP contribution is 2.38. The van der Waals surface area contributed by atoms with Gasteiger partial charge in [0, 0.05) is 18.0 Å². The van der Waals surface area contributed by atoms with Crippen molar-refractivity contribution in [3.63, 3.8) is 0 Å². The summed E-state index contributed by atoms with van der Waals surface area (Å²) >= 11 is 6.27. The second kappa shape index (κ2) is 8.10. The van der Waals surface area contributed by atoms with Gasteiger partial charge in [-0.1, -0.05) is 41.9 Å². The monoisotopic (exact) mass is 401 g/mol. The lowest BCUT2D eigenvalue weighted by atomic mass is 10.1. The summed E-state index contributed by atoms with van der Waals surface area (Å²) in [6, 6.07) is 12.1. The van der Waals surface area contributed by atoms with Crippen LogP contribution in [0.3, 0.4) is 0 Å². The van der Waals surface area contributed by atoms with E-state index >= 15 is 0 Å². The predicted molar refractivity (Wildman–Crippen MR) is 103 cm³/mol. The summed E-state index contributed by atoms with van der Waals surface area (Å²) < 4.78 is 16.8. The topological polar surface area (TPSA) is 73.9 Å². The molecule has 1 aliphatic carbocycles. The van der Waals surface area contributed by atoms with Gasteiger partial charge in [0.05, 0.1) is 23.8 Å². The van der Waals surface area contributed by atoms with Gasteiger partial charge in [0.2, 0.25) is 6.10 Å². The highest BCUT2D eigenvalue weighted by molar-refractivity contribution is 6.32. The van der Waals surface area contributed by atoms with E-state index in [1.807, 2.05) is 6.07 Å². The number of nitrogens with one attached hydrogen (secondary N) is 1. The van der Waals surface area contributed by atoms with Crippen molar-refractivity contribution < 1.29 is 23.8 Å². The molecule has 1 amide bonds. The Morgan fingerprint density at radius 3 is 2.61 bits per heavy atom. The first-order valence-corrected chi connectivity index (χ1v) is 9.65. The summed E-state index contributed by atoms with van der Waals surface area (Å²) in [6.07, 6.45) is 1.57. The number of carbonyl (C=O) groups is 2. The first-order valence-electron chi connectivity index (χ1n) is 9.27. The molecule has 1 saturated carbocycles. The fourth-order valence-corrected chi connectivity index (χ4v) is 3.19. The van der Waals surface area contributed by atoms with Crippen molar-refractivity contribution in [1.82, 2.24) is 5.32 Å². The van der Waals surface area contributed by atoms with E-state index in [9.17, 15) is 9.59 Å². The molecule has 0 saturated heterocycles. The third-order valence-electron chi connectivity index (χ3n) is 4.53. The lowest BCUT2D eigenvalue weighted by Crippen LogP contribution is -2.33. The Morgan fingerprint density at radius 2 is 1.86 bits per heavy atom. The Balaban J connectivity index is 1.58. The van der Waals surface area contributed by atoms with Crippen LogP contribution in [0.1, 0.15) is 41.3 Å². The fraction of sp³-hybridized carbons (Fsp3) is 0.333. The zero-order chi connectivity index (χ0) is 19.5. The van der Waals surface area contributed by atoms with Crippen LogP contribution in [-0.2, 0) is 9.53 Å². The molecule has 1 heterocycles. The molecule has 6 nitrogen and oxygen atoms in total. The summed E-state index contributed by atoms with van der Waals surface area (Å²) in [5.41, 5.74) is 0.809. The van der Waals surface area contributed by atoms with Crippen LogP contribution < -0.4 is 14.8 Å². The number of hydrogen-bond donors (Lipinski definition) is 1. The molecule has 1 atom stereocenters. The minimum Gasteiger partial charge on any atom is -0.489 e. The van der Waals surface area contributed by atoms with Gasteiger partial charge in [0.25, 0.3) is 5.91 Å². The van der Waals surface area contributed by atoms with E-state index in [-0.39, 0.29) is 22.5 Å². The highest BCUT2D eigenvalue weighted by atomic mass is 35.5. The van der Waals surface area contributed by atoms with Crippen LogP contribution in [0.5, 0.6) is 11.5 Å². The van der Waals surface area contributed by atoms with Gasteiger partial charge in [-0.2, -0.15) is 0 Å². The highest BCUT2D eigenvalue weighted by Gasteiger charge is 2.31. The number of rotatable bonds is 5. The molecule has 7 heteroatoms. The smallest absolute Gasteiger partial charge is 0.339 e. The summed E-state index contributed by atoms with van der Waals surface area (Å²) in [4.78, 5) is 25.4. The molecule has 2 aliphatic rings.